The van der Waals surface area contributed by atoms with Gasteiger partial charge in [0.05, 0.1) is 5.56 Å². The minimum absolute atomic E-state index is 0.225. The molecule has 0 bridgehead atoms. The average Bonchev–Trinajstić information content (AvgIpc) is 2.37. The summed E-state index contributed by atoms with van der Waals surface area (Å²) in [4.78, 5) is 34.1. The largest absolute Gasteiger partial charge is 0.480 e. The summed E-state index contributed by atoms with van der Waals surface area (Å²) >= 11 is 0. The van der Waals surface area contributed by atoms with E-state index >= 15 is 0 Å². The molecule has 0 fully saturated rings. The van der Waals surface area contributed by atoms with Gasteiger partial charge in [0.15, 0.2) is 0 Å². The molecule has 1 heterocycles. The molecule has 0 saturated heterocycles. The zero-order valence-corrected chi connectivity index (χ0v) is 11.0. The number of unbranched alkanes of at least 4 members (excludes halogenated alkanes) is 1. The molecule has 1 amide bonds. The van der Waals surface area contributed by atoms with E-state index in [2.05, 4.69) is 5.32 Å². The van der Waals surface area contributed by atoms with E-state index in [1.807, 2.05) is 6.92 Å². The number of pyridine rings is 1. The van der Waals surface area contributed by atoms with E-state index in [0.717, 1.165) is 12.8 Å². The third kappa shape index (κ3) is 4.24. The quantitative estimate of drug-likeness (QED) is 0.795. The Balaban J connectivity index is 2.78. The molecule has 0 radical (unpaired) electrons. The third-order valence-electron chi connectivity index (χ3n) is 2.80. The highest BCUT2D eigenvalue weighted by atomic mass is 16.4. The molecule has 0 spiro atoms. The van der Waals surface area contributed by atoms with Crippen LogP contribution in [0.2, 0.25) is 0 Å². The molecule has 19 heavy (non-hydrogen) atoms. The number of nitrogens with one attached hydrogen (secondary N) is 1. The Bertz CT molecular complexity index is 522. The number of aliphatic carboxylic acids is 1. The number of carboxylic acids is 1. The zero-order chi connectivity index (χ0) is 14.4. The highest BCUT2D eigenvalue weighted by Gasteiger charge is 2.20. The lowest BCUT2D eigenvalue weighted by atomic mass is 10.1. The second kappa shape index (κ2) is 6.72. The van der Waals surface area contributed by atoms with Crippen molar-refractivity contribution in [2.24, 2.45) is 7.05 Å². The van der Waals surface area contributed by atoms with Crippen LogP contribution in [0.15, 0.2) is 23.1 Å². The Morgan fingerprint density at radius 3 is 2.63 bits per heavy atom. The number of hydrogen-bond acceptors (Lipinski definition) is 3. The van der Waals surface area contributed by atoms with E-state index in [0.29, 0.717) is 6.42 Å². The predicted molar refractivity (Wildman–Crippen MR) is 70.1 cm³/mol. The maximum Gasteiger partial charge on any atom is 0.326 e. The van der Waals surface area contributed by atoms with Crippen LogP contribution in [-0.4, -0.2) is 27.6 Å². The molecule has 0 unspecified atom stereocenters. The molecule has 0 aromatic carbocycles. The van der Waals surface area contributed by atoms with Crippen molar-refractivity contribution in [3.05, 3.63) is 34.2 Å². The van der Waals surface area contributed by atoms with Gasteiger partial charge in [-0.25, -0.2) is 4.79 Å². The van der Waals surface area contributed by atoms with Gasteiger partial charge in [-0.1, -0.05) is 19.8 Å². The fourth-order valence-electron chi connectivity index (χ4n) is 1.64. The van der Waals surface area contributed by atoms with Gasteiger partial charge in [0.2, 0.25) is 5.56 Å². The maximum atomic E-state index is 11.9. The first-order valence-electron chi connectivity index (χ1n) is 6.16. The first-order valence-corrected chi connectivity index (χ1v) is 6.16. The van der Waals surface area contributed by atoms with E-state index in [9.17, 15) is 14.4 Å². The van der Waals surface area contributed by atoms with Crippen molar-refractivity contribution < 1.29 is 14.7 Å². The molecular weight excluding hydrogens is 248 g/mol. The second-order valence-corrected chi connectivity index (χ2v) is 4.37. The first kappa shape index (κ1) is 14.9. The fraction of sp³-hybridized carbons (Fsp3) is 0.462. The van der Waals surface area contributed by atoms with Gasteiger partial charge in [0, 0.05) is 19.3 Å². The Hall–Kier alpha value is -2.11. The topological polar surface area (TPSA) is 88.4 Å². The number of carbonyl (C=O) groups is 2. The van der Waals surface area contributed by atoms with Crippen LogP contribution >= 0.6 is 0 Å². The minimum Gasteiger partial charge on any atom is -0.480 e. The second-order valence-electron chi connectivity index (χ2n) is 4.37. The standard InChI is InChI=1S/C13H18N2O4/c1-3-4-5-10(13(18)19)14-12(17)9-6-7-11(16)15(2)8-9/h6-8,10H,3-5H2,1-2H3,(H,14,17)(H,18,19)/t10-/m0/s1. The van der Waals surface area contributed by atoms with Gasteiger partial charge < -0.3 is 15.0 Å². The molecule has 1 aromatic rings. The number of amides is 1. The molecule has 1 rings (SSSR count). The summed E-state index contributed by atoms with van der Waals surface area (Å²) in [5.41, 5.74) is 0.0437. The van der Waals surface area contributed by atoms with Crippen molar-refractivity contribution in [3.63, 3.8) is 0 Å². The van der Waals surface area contributed by atoms with Crippen LogP contribution in [0.5, 0.6) is 0 Å². The predicted octanol–water partition coefficient (Wildman–Crippen LogP) is 0.758. The number of carboxylic acid groups (broad SMARTS) is 1. The number of nitrogens with zero attached hydrogens (tertiary/aromatic N) is 1. The van der Waals surface area contributed by atoms with Gasteiger partial charge in [-0.05, 0) is 12.5 Å². The molecule has 6 nitrogen and oxygen atoms in total. The highest BCUT2D eigenvalue weighted by molar-refractivity contribution is 5.96. The van der Waals surface area contributed by atoms with Gasteiger partial charge in [-0.3, -0.25) is 9.59 Å². The molecule has 0 saturated carbocycles. The van der Waals surface area contributed by atoms with Crippen molar-refractivity contribution in [1.29, 1.82) is 0 Å². The summed E-state index contributed by atoms with van der Waals surface area (Å²) in [6.45, 7) is 1.95. The lowest BCUT2D eigenvalue weighted by Crippen LogP contribution is -2.41. The van der Waals surface area contributed by atoms with Crippen LogP contribution in [0.25, 0.3) is 0 Å². The first-order chi connectivity index (χ1) is 8.95. The van der Waals surface area contributed by atoms with E-state index < -0.39 is 17.9 Å². The Kier molecular flexibility index (Phi) is 5.29. The van der Waals surface area contributed by atoms with Crippen LogP contribution in [-0.2, 0) is 11.8 Å². The van der Waals surface area contributed by atoms with Crippen LogP contribution in [0.1, 0.15) is 36.5 Å². The number of rotatable bonds is 6. The van der Waals surface area contributed by atoms with E-state index in [1.54, 1.807) is 0 Å². The Labute approximate surface area is 111 Å². The van der Waals surface area contributed by atoms with Crippen LogP contribution in [0, 0.1) is 0 Å². The molecular formula is C13H18N2O4. The Morgan fingerprint density at radius 2 is 2.11 bits per heavy atom. The smallest absolute Gasteiger partial charge is 0.326 e. The molecule has 1 aromatic heterocycles. The van der Waals surface area contributed by atoms with Gasteiger partial charge >= 0.3 is 5.97 Å². The molecule has 0 aliphatic carbocycles. The van der Waals surface area contributed by atoms with E-state index in [1.165, 1.54) is 29.9 Å². The minimum atomic E-state index is -1.05. The molecule has 1 atom stereocenters. The highest BCUT2D eigenvalue weighted by Crippen LogP contribution is 2.03. The zero-order valence-electron chi connectivity index (χ0n) is 11.0. The van der Waals surface area contributed by atoms with Gasteiger partial charge in [-0.2, -0.15) is 0 Å². The number of aromatic nitrogens is 1. The van der Waals surface area contributed by atoms with Crippen molar-refractivity contribution in [3.8, 4) is 0 Å². The lowest BCUT2D eigenvalue weighted by molar-refractivity contribution is -0.139. The summed E-state index contributed by atoms with van der Waals surface area (Å²) in [5, 5.41) is 11.5. The van der Waals surface area contributed by atoms with Crippen LogP contribution < -0.4 is 10.9 Å². The third-order valence-corrected chi connectivity index (χ3v) is 2.80. The van der Waals surface area contributed by atoms with Gasteiger partial charge in [0.1, 0.15) is 6.04 Å². The summed E-state index contributed by atoms with van der Waals surface area (Å²) in [6.07, 6.45) is 3.36. The number of aryl methyl sites for hydroxylation is 1. The lowest BCUT2D eigenvalue weighted by Gasteiger charge is -2.14. The van der Waals surface area contributed by atoms with Crippen molar-refractivity contribution >= 4 is 11.9 Å². The average molecular weight is 266 g/mol. The number of hydrogen-bond donors (Lipinski definition) is 2. The van der Waals surface area contributed by atoms with E-state index in [4.69, 9.17) is 5.11 Å². The van der Waals surface area contributed by atoms with Crippen LogP contribution in [0.3, 0.4) is 0 Å². The van der Waals surface area contributed by atoms with Crippen molar-refractivity contribution in [1.82, 2.24) is 9.88 Å². The molecule has 2 N–H and O–H groups in total. The summed E-state index contributed by atoms with van der Waals surface area (Å²) in [7, 11) is 1.53. The van der Waals surface area contributed by atoms with Crippen molar-refractivity contribution in [2.45, 2.75) is 32.2 Å². The number of carbonyl (C=O) groups excluding carboxylic acids is 1. The van der Waals surface area contributed by atoms with Gasteiger partial charge in [0.25, 0.3) is 5.91 Å². The molecule has 6 heteroatoms. The summed E-state index contributed by atoms with van der Waals surface area (Å²) < 4.78 is 1.27. The van der Waals surface area contributed by atoms with Crippen LogP contribution in [0.4, 0.5) is 0 Å². The maximum absolute atomic E-state index is 11.9. The van der Waals surface area contributed by atoms with Crippen molar-refractivity contribution in [2.75, 3.05) is 0 Å². The SMILES string of the molecule is CCCC[C@H](NC(=O)c1ccc(=O)n(C)c1)C(=O)O. The summed E-state index contributed by atoms with van der Waals surface area (Å²) in [5.74, 6) is -1.54. The fourth-order valence-corrected chi connectivity index (χ4v) is 1.64. The van der Waals surface area contributed by atoms with E-state index in [-0.39, 0.29) is 11.1 Å². The normalized spacial score (nSPS) is 11.9. The molecule has 0 aliphatic heterocycles. The monoisotopic (exact) mass is 266 g/mol. The Morgan fingerprint density at radius 1 is 1.42 bits per heavy atom. The molecule has 104 valence electrons. The molecule has 0 aliphatic rings. The van der Waals surface area contributed by atoms with Gasteiger partial charge in [-0.15, -0.1) is 0 Å². The summed E-state index contributed by atoms with van der Waals surface area (Å²) in [6, 6.07) is 1.76.